The fraction of sp³-hybridized carbons (Fsp3) is 0.419. The number of carbonyl (C=O) groups is 2. The third-order valence-electron chi connectivity index (χ3n) is 6.77. The van der Waals surface area contributed by atoms with E-state index < -0.39 is 22.8 Å². The number of dihydropyridines is 1. The van der Waals surface area contributed by atoms with Crippen LogP contribution in [0, 0.1) is 15.5 Å². The van der Waals surface area contributed by atoms with Crippen molar-refractivity contribution in [2.75, 3.05) is 27.3 Å². The van der Waals surface area contributed by atoms with E-state index in [1.54, 1.807) is 19.1 Å². The molecule has 214 valence electrons. The molecule has 2 aromatic rings. The van der Waals surface area contributed by atoms with Crippen LogP contribution in [0.5, 0.6) is 0 Å². The molecule has 1 atom stereocenters. The standard InChI is InChI=1S/C31H39N3O6/c1-7-12-25-28(30(36)40-20-31(3,4)19-33(5)18-22-13-9-8-10-14-22)27(26(21(2)32-25)29(35)39-6)23-15-11-16-24(17-23)34(37)38/h8-11,13-17,27,32H,7,12,18-20H2,1-6H3. The zero-order valence-corrected chi connectivity index (χ0v) is 24.2. The molecule has 0 spiro atoms. The van der Waals surface area contributed by atoms with Crippen molar-refractivity contribution in [3.63, 3.8) is 0 Å². The summed E-state index contributed by atoms with van der Waals surface area (Å²) < 4.78 is 11.0. The Morgan fingerprint density at radius 1 is 1.07 bits per heavy atom. The van der Waals surface area contributed by atoms with E-state index in [2.05, 4.69) is 22.3 Å². The van der Waals surface area contributed by atoms with Gasteiger partial charge in [0.15, 0.2) is 0 Å². The first-order valence-corrected chi connectivity index (χ1v) is 13.4. The van der Waals surface area contributed by atoms with E-state index in [0.717, 1.165) is 13.0 Å². The Balaban J connectivity index is 1.92. The normalized spacial score (nSPS) is 15.6. The largest absolute Gasteiger partial charge is 0.466 e. The summed E-state index contributed by atoms with van der Waals surface area (Å²) in [6, 6.07) is 16.1. The van der Waals surface area contributed by atoms with Gasteiger partial charge in [0.2, 0.25) is 0 Å². The van der Waals surface area contributed by atoms with E-state index >= 15 is 0 Å². The molecule has 0 amide bonds. The van der Waals surface area contributed by atoms with Crippen LogP contribution in [-0.2, 0) is 25.6 Å². The minimum atomic E-state index is -0.883. The highest BCUT2D eigenvalue weighted by atomic mass is 16.6. The van der Waals surface area contributed by atoms with Crippen LogP contribution in [0.25, 0.3) is 0 Å². The van der Waals surface area contributed by atoms with Gasteiger partial charge in [0.1, 0.15) is 0 Å². The number of ether oxygens (including phenoxy) is 2. The number of rotatable bonds is 12. The first-order valence-electron chi connectivity index (χ1n) is 13.4. The molecule has 0 saturated carbocycles. The lowest BCUT2D eigenvalue weighted by molar-refractivity contribution is -0.384. The van der Waals surface area contributed by atoms with Gasteiger partial charge in [-0.15, -0.1) is 0 Å². The fourth-order valence-electron chi connectivity index (χ4n) is 5.18. The number of hydrogen-bond donors (Lipinski definition) is 1. The molecule has 9 nitrogen and oxygen atoms in total. The molecular formula is C31H39N3O6. The lowest BCUT2D eigenvalue weighted by Gasteiger charge is -2.33. The van der Waals surface area contributed by atoms with Gasteiger partial charge in [-0.05, 0) is 31.5 Å². The van der Waals surface area contributed by atoms with Gasteiger partial charge in [0.05, 0.1) is 35.7 Å². The first kappa shape index (κ1) is 30.6. The van der Waals surface area contributed by atoms with E-state index in [-0.39, 0.29) is 28.9 Å². The highest BCUT2D eigenvalue weighted by Gasteiger charge is 2.39. The zero-order chi connectivity index (χ0) is 29.4. The van der Waals surface area contributed by atoms with Crippen LogP contribution in [0.3, 0.4) is 0 Å². The number of carbonyl (C=O) groups excluding carboxylic acids is 2. The average molecular weight is 550 g/mol. The van der Waals surface area contributed by atoms with E-state index in [4.69, 9.17) is 9.47 Å². The maximum Gasteiger partial charge on any atom is 0.336 e. The van der Waals surface area contributed by atoms with Gasteiger partial charge in [0.25, 0.3) is 5.69 Å². The van der Waals surface area contributed by atoms with Crippen LogP contribution in [0.2, 0.25) is 0 Å². The van der Waals surface area contributed by atoms with Gasteiger partial charge < -0.3 is 19.7 Å². The lowest BCUT2D eigenvalue weighted by Crippen LogP contribution is -2.37. The second-order valence-corrected chi connectivity index (χ2v) is 11.0. The van der Waals surface area contributed by atoms with Crippen molar-refractivity contribution < 1.29 is 24.0 Å². The molecule has 0 aliphatic carbocycles. The summed E-state index contributed by atoms with van der Waals surface area (Å²) in [5.74, 6) is -2.07. The predicted molar refractivity (Wildman–Crippen MR) is 153 cm³/mol. The molecule has 40 heavy (non-hydrogen) atoms. The van der Waals surface area contributed by atoms with Crippen molar-refractivity contribution in [2.45, 2.75) is 53.0 Å². The highest BCUT2D eigenvalue weighted by molar-refractivity contribution is 6.00. The van der Waals surface area contributed by atoms with E-state index in [1.807, 2.05) is 46.0 Å². The molecule has 1 aliphatic rings. The summed E-state index contributed by atoms with van der Waals surface area (Å²) in [5, 5.41) is 14.8. The molecule has 1 aliphatic heterocycles. The summed E-state index contributed by atoms with van der Waals surface area (Å²) in [6.07, 6.45) is 1.27. The van der Waals surface area contributed by atoms with Gasteiger partial charge in [0, 0.05) is 42.0 Å². The summed E-state index contributed by atoms with van der Waals surface area (Å²) in [4.78, 5) is 40.0. The third-order valence-corrected chi connectivity index (χ3v) is 6.77. The van der Waals surface area contributed by atoms with Gasteiger partial charge >= 0.3 is 11.9 Å². The SMILES string of the molecule is CCCC1=C(C(=O)OCC(C)(C)CN(C)Cc2ccccc2)C(c2cccc([N+](=O)[O-])c2)C(C(=O)OC)=C(C)N1. The van der Waals surface area contributed by atoms with Crippen LogP contribution in [0.1, 0.15) is 57.6 Å². The van der Waals surface area contributed by atoms with Crippen molar-refractivity contribution in [2.24, 2.45) is 5.41 Å². The molecule has 0 saturated heterocycles. The number of allylic oxidation sites excluding steroid dienone is 2. The summed E-state index contributed by atoms with van der Waals surface area (Å²) in [7, 11) is 3.29. The molecule has 0 fully saturated rings. The Morgan fingerprint density at radius 3 is 2.40 bits per heavy atom. The smallest absolute Gasteiger partial charge is 0.336 e. The summed E-state index contributed by atoms with van der Waals surface area (Å²) in [6.45, 7) is 9.37. The molecule has 1 unspecified atom stereocenters. The summed E-state index contributed by atoms with van der Waals surface area (Å²) >= 11 is 0. The number of nitro benzene ring substituents is 1. The number of hydrogen-bond acceptors (Lipinski definition) is 8. The van der Waals surface area contributed by atoms with E-state index in [1.165, 1.54) is 24.8 Å². The van der Waals surface area contributed by atoms with Crippen molar-refractivity contribution in [3.8, 4) is 0 Å². The number of benzene rings is 2. The van der Waals surface area contributed by atoms with Gasteiger partial charge in [-0.3, -0.25) is 10.1 Å². The quantitative estimate of drug-likeness (QED) is 0.210. The Labute approximate surface area is 236 Å². The van der Waals surface area contributed by atoms with E-state index in [9.17, 15) is 19.7 Å². The Hall–Kier alpha value is -3.98. The van der Waals surface area contributed by atoms with Crippen LogP contribution < -0.4 is 5.32 Å². The van der Waals surface area contributed by atoms with Crippen molar-refractivity contribution >= 4 is 17.6 Å². The number of non-ortho nitro benzene ring substituents is 1. The Bertz CT molecular complexity index is 1300. The molecule has 3 rings (SSSR count). The number of nitro groups is 1. The third kappa shape index (κ3) is 7.57. The number of esters is 2. The molecule has 0 radical (unpaired) electrons. The number of nitrogens with one attached hydrogen (secondary N) is 1. The second-order valence-electron chi connectivity index (χ2n) is 11.0. The second kappa shape index (κ2) is 13.4. The van der Waals surface area contributed by atoms with Crippen LogP contribution >= 0.6 is 0 Å². The highest BCUT2D eigenvalue weighted by Crippen LogP contribution is 2.41. The zero-order valence-electron chi connectivity index (χ0n) is 24.2. The van der Waals surface area contributed by atoms with Crippen molar-refractivity contribution in [1.29, 1.82) is 0 Å². The minimum Gasteiger partial charge on any atom is -0.466 e. The molecule has 2 aromatic carbocycles. The Kier molecular flexibility index (Phi) is 10.2. The topological polar surface area (TPSA) is 111 Å². The van der Waals surface area contributed by atoms with Crippen molar-refractivity contribution in [3.05, 3.63) is 98.4 Å². The molecule has 0 aromatic heterocycles. The predicted octanol–water partition coefficient (Wildman–Crippen LogP) is 5.48. The van der Waals surface area contributed by atoms with Crippen LogP contribution in [0.4, 0.5) is 5.69 Å². The average Bonchev–Trinajstić information content (AvgIpc) is 2.91. The molecular weight excluding hydrogens is 510 g/mol. The number of nitrogens with zero attached hydrogens (tertiary/aromatic N) is 2. The monoisotopic (exact) mass is 549 g/mol. The van der Waals surface area contributed by atoms with Crippen molar-refractivity contribution in [1.82, 2.24) is 10.2 Å². The van der Waals surface area contributed by atoms with Crippen LogP contribution in [-0.4, -0.2) is 49.1 Å². The summed E-state index contributed by atoms with van der Waals surface area (Å²) in [5.41, 5.74) is 2.78. The Morgan fingerprint density at radius 2 is 1.77 bits per heavy atom. The maximum atomic E-state index is 13.8. The minimum absolute atomic E-state index is 0.134. The van der Waals surface area contributed by atoms with Gasteiger partial charge in [-0.1, -0.05) is 69.7 Å². The lowest BCUT2D eigenvalue weighted by atomic mass is 9.79. The molecule has 1 heterocycles. The molecule has 9 heteroatoms. The van der Waals surface area contributed by atoms with Gasteiger partial charge in [-0.25, -0.2) is 9.59 Å². The number of methoxy groups -OCH3 is 1. The van der Waals surface area contributed by atoms with Gasteiger partial charge in [-0.2, -0.15) is 0 Å². The van der Waals surface area contributed by atoms with E-state index in [0.29, 0.717) is 29.9 Å². The molecule has 1 N–H and O–H groups in total. The van der Waals surface area contributed by atoms with Crippen LogP contribution in [0.15, 0.2) is 77.1 Å². The molecule has 0 bridgehead atoms. The fourth-order valence-corrected chi connectivity index (χ4v) is 5.18. The first-order chi connectivity index (χ1) is 19.0. The maximum absolute atomic E-state index is 13.8.